The van der Waals surface area contributed by atoms with Crippen molar-refractivity contribution in [2.45, 2.75) is 33.1 Å². The number of hydrogen-bond donors (Lipinski definition) is 1. The van der Waals surface area contributed by atoms with Crippen LogP contribution in [0.5, 0.6) is 0 Å². The molecule has 0 bridgehead atoms. The molecule has 27 heavy (non-hydrogen) atoms. The fourth-order valence-electron chi connectivity index (χ4n) is 2.37. The Morgan fingerprint density at radius 3 is 2.07 bits per heavy atom. The van der Waals surface area contributed by atoms with Crippen LogP contribution in [0.1, 0.15) is 37.5 Å². The van der Waals surface area contributed by atoms with Gasteiger partial charge in [-0.15, -0.1) is 0 Å². The van der Waals surface area contributed by atoms with Crippen LogP contribution in [0.2, 0.25) is 0 Å². The van der Waals surface area contributed by atoms with E-state index in [4.69, 9.17) is 0 Å². The molecule has 0 atom stereocenters. The van der Waals surface area contributed by atoms with Crippen LogP contribution in [-0.2, 0) is 15.4 Å². The number of benzene rings is 2. The first-order valence-electron chi connectivity index (χ1n) is 8.64. The highest BCUT2D eigenvalue weighted by Crippen LogP contribution is 2.24. The van der Waals surface area contributed by atoms with Gasteiger partial charge in [0.05, 0.1) is 5.41 Å². The highest BCUT2D eigenvalue weighted by Gasteiger charge is 2.18. The lowest BCUT2D eigenvalue weighted by Crippen LogP contribution is -2.39. The first-order chi connectivity index (χ1) is 12.5. The standard InChI is InChI=1S/C21H26N2O3S/c1-16-6-8-17(9-7-16)14-15-27(25,26)22-20(24)23(5)19-12-10-18(11-13-19)21(2,3)4/h6-15H,1-5H3,(H,22,24)/b15-14+. The van der Waals surface area contributed by atoms with E-state index in [2.05, 4.69) is 25.5 Å². The second-order valence-electron chi connectivity index (χ2n) is 7.52. The van der Waals surface area contributed by atoms with Gasteiger partial charge in [0.25, 0.3) is 10.0 Å². The summed E-state index contributed by atoms with van der Waals surface area (Å²) in [4.78, 5) is 13.6. The SMILES string of the molecule is Cc1ccc(/C=C/S(=O)(=O)NC(=O)N(C)c2ccc(C(C)(C)C)cc2)cc1. The van der Waals surface area contributed by atoms with Crippen molar-refractivity contribution in [2.24, 2.45) is 0 Å². The Morgan fingerprint density at radius 2 is 1.56 bits per heavy atom. The number of anilines is 1. The third kappa shape index (κ3) is 5.96. The molecular weight excluding hydrogens is 360 g/mol. The molecule has 1 N–H and O–H groups in total. The molecule has 144 valence electrons. The van der Waals surface area contributed by atoms with Crippen molar-refractivity contribution in [3.8, 4) is 0 Å². The van der Waals surface area contributed by atoms with Gasteiger partial charge >= 0.3 is 6.03 Å². The Kier molecular flexibility index (Phi) is 6.11. The Hall–Kier alpha value is -2.60. The van der Waals surface area contributed by atoms with Crippen molar-refractivity contribution in [1.29, 1.82) is 0 Å². The zero-order valence-corrected chi connectivity index (χ0v) is 17.2. The van der Waals surface area contributed by atoms with Crippen LogP contribution in [-0.4, -0.2) is 21.5 Å². The first kappa shape index (κ1) is 20.7. The molecule has 2 aromatic carbocycles. The maximum Gasteiger partial charge on any atom is 0.335 e. The molecule has 2 rings (SSSR count). The number of nitrogens with zero attached hydrogens (tertiary/aromatic N) is 1. The van der Waals surface area contributed by atoms with E-state index in [0.717, 1.165) is 22.1 Å². The number of carbonyl (C=O) groups is 1. The number of aryl methyl sites for hydroxylation is 1. The number of urea groups is 1. The molecule has 2 amide bonds. The van der Waals surface area contributed by atoms with Crippen molar-refractivity contribution in [3.05, 3.63) is 70.6 Å². The zero-order valence-electron chi connectivity index (χ0n) is 16.4. The quantitative estimate of drug-likeness (QED) is 0.845. The Balaban J connectivity index is 2.07. The fourth-order valence-corrected chi connectivity index (χ4v) is 3.16. The van der Waals surface area contributed by atoms with Gasteiger partial charge < -0.3 is 0 Å². The van der Waals surface area contributed by atoms with Crippen molar-refractivity contribution in [1.82, 2.24) is 4.72 Å². The van der Waals surface area contributed by atoms with Gasteiger partial charge in [-0.3, -0.25) is 4.90 Å². The van der Waals surface area contributed by atoms with E-state index >= 15 is 0 Å². The van der Waals surface area contributed by atoms with Gasteiger partial charge in [-0.05, 0) is 41.7 Å². The minimum Gasteiger partial charge on any atom is -0.297 e. The van der Waals surface area contributed by atoms with E-state index in [-0.39, 0.29) is 5.41 Å². The van der Waals surface area contributed by atoms with E-state index < -0.39 is 16.1 Å². The summed E-state index contributed by atoms with van der Waals surface area (Å²) in [6, 6.07) is 14.2. The van der Waals surface area contributed by atoms with Gasteiger partial charge in [0.1, 0.15) is 0 Å². The van der Waals surface area contributed by atoms with Crippen LogP contribution in [0.25, 0.3) is 6.08 Å². The van der Waals surface area contributed by atoms with Crippen molar-refractivity contribution < 1.29 is 13.2 Å². The van der Waals surface area contributed by atoms with Crippen LogP contribution in [0.15, 0.2) is 53.9 Å². The van der Waals surface area contributed by atoms with E-state index in [1.165, 1.54) is 18.0 Å². The third-order valence-corrected chi connectivity index (χ3v) is 5.13. The summed E-state index contributed by atoms with van der Waals surface area (Å²) in [5, 5.41) is 0.992. The molecule has 0 fully saturated rings. The molecule has 2 aromatic rings. The van der Waals surface area contributed by atoms with Crippen molar-refractivity contribution in [3.63, 3.8) is 0 Å². The molecule has 0 aromatic heterocycles. The lowest BCUT2D eigenvalue weighted by atomic mass is 9.87. The highest BCUT2D eigenvalue weighted by atomic mass is 32.2. The Morgan fingerprint density at radius 1 is 1.00 bits per heavy atom. The lowest BCUT2D eigenvalue weighted by molar-refractivity contribution is 0.252. The van der Waals surface area contributed by atoms with Crippen LogP contribution >= 0.6 is 0 Å². The molecule has 0 aliphatic rings. The largest absolute Gasteiger partial charge is 0.335 e. The molecule has 0 radical (unpaired) electrons. The van der Waals surface area contributed by atoms with Crippen molar-refractivity contribution >= 4 is 27.8 Å². The van der Waals surface area contributed by atoms with Crippen LogP contribution in [0.3, 0.4) is 0 Å². The minimum absolute atomic E-state index is 0.00345. The summed E-state index contributed by atoms with van der Waals surface area (Å²) < 4.78 is 26.4. The fraction of sp³-hybridized carbons (Fsp3) is 0.286. The van der Waals surface area contributed by atoms with Gasteiger partial charge in [0, 0.05) is 12.7 Å². The van der Waals surface area contributed by atoms with E-state index in [1.807, 2.05) is 43.3 Å². The summed E-state index contributed by atoms with van der Waals surface area (Å²) >= 11 is 0. The maximum atomic E-state index is 12.3. The summed E-state index contributed by atoms with van der Waals surface area (Å²) in [7, 11) is -2.37. The monoisotopic (exact) mass is 386 g/mol. The highest BCUT2D eigenvalue weighted by molar-refractivity contribution is 7.93. The molecule has 0 spiro atoms. The summed E-state index contributed by atoms with van der Waals surface area (Å²) in [5.74, 6) is 0. The van der Waals surface area contributed by atoms with Gasteiger partial charge in [-0.25, -0.2) is 17.9 Å². The van der Waals surface area contributed by atoms with E-state index in [9.17, 15) is 13.2 Å². The molecule has 0 aliphatic carbocycles. The van der Waals surface area contributed by atoms with Crippen LogP contribution in [0.4, 0.5) is 10.5 Å². The normalized spacial score (nSPS) is 12.2. The first-order valence-corrected chi connectivity index (χ1v) is 10.2. The Bertz CT molecular complexity index is 923. The van der Waals surface area contributed by atoms with Gasteiger partial charge in [0.2, 0.25) is 0 Å². The van der Waals surface area contributed by atoms with Gasteiger partial charge in [-0.1, -0.05) is 62.7 Å². The zero-order chi connectivity index (χ0) is 20.2. The van der Waals surface area contributed by atoms with Gasteiger partial charge in [0.15, 0.2) is 0 Å². The molecular formula is C21H26N2O3S. The lowest BCUT2D eigenvalue weighted by Gasteiger charge is -2.21. The summed E-state index contributed by atoms with van der Waals surface area (Å²) in [6.07, 6.45) is 1.45. The second kappa shape index (κ2) is 7.96. The molecule has 6 heteroatoms. The molecule has 0 saturated heterocycles. The Labute approximate surface area is 161 Å². The van der Waals surface area contributed by atoms with E-state index in [1.54, 1.807) is 12.1 Å². The maximum absolute atomic E-state index is 12.3. The van der Waals surface area contributed by atoms with Crippen LogP contribution in [0, 0.1) is 6.92 Å². The molecule has 0 unspecified atom stereocenters. The number of rotatable bonds is 4. The molecule has 0 aliphatic heterocycles. The average Bonchev–Trinajstić information content (AvgIpc) is 2.59. The molecule has 0 saturated carbocycles. The minimum atomic E-state index is -3.90. The third-order valence-electron chi connectivity index (χ3n) is 4.17. The smallest absolute Gasteiger partial charge is 0.297 e. The number of nitrogens with one attached hydrogen (secondary N) is 1. The predicted molar refractivity (Wildman–Crippen MR) is 111 cm³/mol. The molecule has 5 nitrogen and oxygen atoms in total. The van der Waals surface area contributed by atoms with Crippen LogP contribution < -0.4 is 9.62 Å². The number of amides is 2. The number of hydrogen-bond acceptors (Lipinski definition) is 3. The second-order valence-corrected chi connectivity index (χ2v) is 9.09. The topological polar surface area (TPSA) is 66.5 Å². The van der Waals surface area contributed by atoms with Crippen molar-refractivity contribution in [2.75, 3.05) is 11.9 Å². The number of sulfonamides is 1. The van der Waals surface area contributed by atoms with Gasteiger partial charge in [-0.2, -0.15) is 0 Å². The summed E-state index contributed by atoms with van der Waals surface area (Å²) in [6.45, 7) is 8.26. The predicted octanol–water partition coefficient (Wildman–Crippen LogP) is 4.44. The summed E-state index contributed by atoms with van der Waals surface area (Å²) in [5.41, 5.74) is 3.57. The number of carbonyl (C=O) groups excluding carboxylic acids is 1. The average molecular weight is 387 g/mol. The van der Waals surface area contributed by atoms with E-state index in [0.29, 0.717) is 5.69 Å². The molecule has 0 heterocycles.